The number of benzene rings is 1. The van der Waals surface area contributed by atoms with E-state index in [0.29, 0.717) is 17.8 Å². The maximum Gasteiger partial charge on any atom is 0.495 e. The lowest BCUT2D eigenvalue weighted by Crippen LogP contribution is -2.41. The highest BCUT2D eigenvalue weighted by Gasteiger charge is 2.52. The van der Waals surface area contributed by atoms with Crippen LogP contribution in [0.5, 0.6) is 0 Å². The molecule has 0 spiro atoms. The van der Waals surface area contributed by atoms with Gasteiger partial charge in [-0.3, -0.25) is 9.89 Å². The van der Waals surface area contributed by atoms with Crippen LogP contribution >= 0.6 is 0 Å². The summed E-state index contributed by atoms with van der Waals surface area (Å²) in [6.07, 6.45) is 2.15. The zero-order valence-electron chi connectivity index (χ0n) is 18.0. The molecule has 0 unspecified atom stereocenters. The van der Waals surface area contributed by atoms with E-state index < -0.39 is 18.3 Å². The normalized spacial score (nSPS) is 16.4. The third-order valence-electron chi connectivity index (χ3n) is 4.75. The van der Waals surface area contributed by atoms with Gasteiger partial charge in [-0.15, -0.1) is 0 Å². The van der Waals surface area contributed by atoms with Crippen LogP contribution in [0.3, 0.4) is 0 Å². The lowest BCUT2D eigenvalue weighted by Gasteiger charge is -2.32. The fourth-order valence-electron chi connectivity index (χ4n) is 2.46. The van der Waals surface area contributed by atoms with Gasteiger partial charge in [-0.25, -0.2) is 4.39 Å². The molecule has 6 nitrogen and oxygen atoms in total. The minimum atomic E-state index is -0.496. The van der Waals surface area contributed by atoms with Crippen molar-refractivity contribution in [2.24, 2.45) is 0 Å². The summed E-state index contributed by atoms with van der Waals surface area (Å²) in [7, 11) is -0.496. The number of carbonyl (C=O) groups excluding carboxylic acids is 1. The molecule has 0 saturated carbocycles. The number of H-pyrrole nitrogens is 1. The van der Waals surface area contributed by atoms with Crippen LogP contribution in [-0.4, -0.2) is 34.9 Å². The van der Waals surface area contributed by atoms with Crippen LogP contribution in [0.25, 0.3) is 0 Å². The monoisotopic (exact) mass is 391 g/mol. The number of aromatic nitrogens is 2. The van der Waals surface area contributed by atoms with Crippen molar-refractivity contribution in [3.8, 4) is 0 Å². The molecule has 3 rings (SSSR count). The summed E-state index contributed by atoms with van der Waals surface area (Å²) in [5.74, 6) is 0.403. The number of nitrogens with zero attached hydrogens (tertiary/aromatic N) is 1. The van der Waals surface area contributed by atoms with Crippen LogP contribution in [0.1, 0.15) is 52.7 Å². The van der Waals surface area contributed by atoms with E-state index in [2.05, 4.69) is 15.5 Å². The van der Waals surface area contributed by atoms with Crippen molar-refractivity contribution in [2.75, 3.05) is 5.32 Å². The molecule has 1 aliphatic heterocycles. The number of carbonyl (C=O) groups is 1. The fraction of sp³-hybridized carbons (Fsp3) is 0.500. The van der Waals surface area contributed by atoms with Gasteiger partial charge in [-0.2, -0.15) is 5.10 Å². The predicted molar refractivity (Wildman–Crippen MR) is 111 cm³/mol. The van der Waals surface area contributed by atoms with Crippen molar-refractivity contribution in [1.29, 1.82) is 0 Å². The van der Waals surface area contributed by atoms with E-state index in [-0.39, 0.29) is 5.82 Å². The fourth-order valence-corrected chi connectivity index (χ4v) is 2.46. The summed E-state index contributed by atoms with van der Waals surface area (Å²) in [5, 5.41) is 8.53. The first-order valence-corrected chi connectivity index (χ1v) is 9.39. The standard InChI is InChI=1S/C14H20BFO2.C4H5N3O.C2H6/c1-9-7-11(10(2)12(16)8-9)15-17-13(3,4)14(5,6)18-15;8-3-5-4-1-2-6-7-4;1-2/h7-8H,1-6H3;1-3H,(H2,5,6,7,8);1-2H3. The number of nitrogens with one attached hydrogen (secondary N) is 2. The summed E-state index contributed by atoms with van der Waals surface area (Å²) in [6.45, 7) is 15.6. The van der Waals surface area contributed by atoms with Crippen LogP contribution in [0, 0.1) is 19.7 Å². The zero-order valence-corrected chi connectivity index (χ0v) is 18.0. The molecular formula is C20H31BFN3O3. The van der Waals surface area contributed by atoms with E-state index in [1.807, 2.05) is 54.5 Å². The molecule has 8 heteroatoms. The summed E-state index contributed by atoms with van der Waals surface area (Å²) >= 11 is 0. The van der Waals surface area contributed by atoms with Crippen LogP contribution < -0.4 is 10.8 Å². The summed E-state index contributed by atoms with van der Waals surface area (Å²) in [5.41, 5.74) is 1.46. The molecule has 0 atom stereocenters. The van der Waals surface area contributed by atoms with Crippen LogP contribution in [0.2, 0.25) is 0 Å². The number of hydrogen-bond acceptors (Lipinski definition) is 4. The highest BCUT2D eigenvalue weighted by molar-refractivity contribution is 6.62. The maximum atomic E-state index is 13.8. The number of rotatable bonds is 3. The minimum absolute atomic E-state index is 0.209. The van der Waals surface area contributed by atoms with Crippen molar-refractivity contribution >= 4 is 24.8 Å². The highest BCUT2D eigenvalue weighted by atomic mass is 19.1. The van der Waals surface area contributed by atoms with Gasteiger partial charge >= 0.3 is 7.12 Å². The molecular weight excluding hydrogens is 360 g/mol. The van der Waals surface area contributed by atoms with Gasteiger partial charge in [0.05, 0.1) is 17.4 Å². The molecule has 154 valence electrons. The van der Waals surface area contributed by atoms with Gasteiger partial charge in [0.1, 0.15) is 11.6 Å². The van der Waals surface area contributed by atoms with Gasteiger partial charge in [-0.05, 0) is 64.2 Å². The Labute approximate surface area is 167 Å². The van der Waals surface area contributed by atoms with Crippen molar-refractivity contribution in [3.63, 3.8) is 0 Å². The molecule has 0 bridgehead atoms. The first-order chi connectivity index (χ1) is 13.1. The Morgan fingerprint density at radius 2 is 1.71 bits per heavy atom. The van der Waals surface area contributed by atoms with Crippen molar-refractivity contribution in [3.05, 3.63) is 41.3 Å². The van der Waals surface area contributed by atoms with E-state index in [1.54, 1.807) is 19.2 Å². The zero-order chi connectivity index (χ0) is 21.5. The van der Waals surface area contributed by atoms with E-state index >= 15 is 0 Å². The summed E-state index contributed by atoms with van der Waals surface area (Å²) in [6, 6.07) is 5.12. The minimum Gasteiger partial charge on any atom is -0.399 e. The van der Waals surface area contributed by atoms with Crippen molar-refractivity contribution in [2.45, 2.75) is 66.6 Å². The van der Waals surface area contributed by atoms with Gasteiger partial charge in [0.2, 0.25) is 6.41 Å². The molecule has 1 aromatic carbocycles. The lowest BCUT2D eigenvalue weighted by atomic mass is 9.75. The highest BCUT2D eigenvalue weighted by Crippen LogP contribution is 2.36. The van der Waals surface area contributed by atoms with Gasteiger partial charge in [0, 0.05) is 6.07 Å². The van der Waals surface area contributed by atoms with Crippen molar-refractivity contribution in [1.82, 2.24) is 10.2 Å². The third-order valence-corrected chi connectivity index (χ3v) is 4.75. The second-order valence-corrected chi connectivity index (χ2v) is 7.28. The molecule has 1 amide bonds. The third kappa shape index (κ3) is 5.66. The average molecular weight is 391 g/mol. The Balaban J connectivity index is 0.000000327. The SMILES string of the molecule is CC.Cc1cc(F)c(C)c(B2OC(C)(C)C(C)(C)O2)c1.O=CNc1ccn[nH]1. The Bertz CT molecular complexity index is 748. The molecule has 0 radical (unpaired) electrons. The Hall–Kier alpha value is -2.19. The Morgan fingerprint density at radius 3 is 2.18 bits per heavy atom. The maximum absolute atomic E-state index is 13.8. The van der Waals surface area contributed by atoms with Gasteiger partial charge in [0.15, 0.2) is 0 Å². The second kappa shape index (κ2) is 9.84. The largest absolute Gasteiger partial charge is 0.495 e. The van der Waals surface area contributed by atoms with Crippen LogP contribution in [-0.2, 0) is 14.1 Å². The molecule has 2 N–H and O–H groups in total. The number of halogens is 1. The van der Waals surface area contributed by atoms with E-state index in [1.165, 1.54) is 6.07 Å². The molecule has 2 aromatic rings. The Morgan fingerprint density at radius 1 is 1.14 bits per heavy atom. The number of aromatic amines is 1. The van der Waals surface area contributed by atoms with Crippen LogP contribution in [0.15, 0.2) is 24.4 Å². The Kier molecular flexibility index (Phi) is 8.38. The molecule has 0 aliphatic carbocycles. The van der Waals surface area contributed by atoms with Crippen LogP contribution in [0.4, 0.5) is 10.2 Å². The molecule has 1 saturated heterocycles. The number of anilines is 1. The average Bonchev–Trinajstić information content (AvgIpc) is 3.20. The first kappa shape index (κ1) is 23.9. The number of hydrogen-bond donors (Lipinski definition) is 2. The van der Waals surface area contributed by atoms with Gasteiger partial charge in [0.25, 0.3) is 0 Å². The summed E-state index contributed by atoms with van der Waals surface area (Å²) in [4.78, 5) is 9.71. The summed E-state index contributed by atoms with van der Waals surface area (Å²) < 4.78 is 25.7. The van der Waals surface area contributed by atoms with Crippen molar-refractivity contribution < 1.29 is 18.5 Å². The topological polar surface area (TPSA) is 76.2 Å². The van der Waals surface area contributed by atoms with E-state index in [0.717, 1.165) is 11.0 Å². The molecule has 1 aromatic heterocycles. The smallest absolute Gasteiger partial charge is 0.399 e. The second-order valence-electron chi connectivity index (χ2n) is 7.28. The lowest BCUT2D eigenvalue weighted by molar-refractivity contribution is -0.105. The number of aryl methyl sites for hydroxylation is 1. The van der Waals surface area contributed by atoms with Gasteiger partial charge < -0.3 is 14.6 Å². The number of amides is 1. The molecule has 1 fully saturated rings. The van der Waals surface area contributed by atoms with Gasteiger partial charge in [-0.1, -0.05) is 19.9 Å². The quantitative estimate of drug-likeness (QED) is 0.617. The molecule has 28 heavy (non-hydrogen) atoms. The predicted octanol–water partition coefficient (Wildman–Crippen LogP) is 3.75. The molecule has 1 aliphatic rings. The molecule has 2 heterocycles. The van der Waals surface area contributed by atoms with E-state index in [9.17, 15) is 9.18 Å². The van der Waals surface area contributed by atoms with E-state index in [4.69, 9.17) is 9.31 Å². The first-order valence-electron chi connectivity index (χ1n) is 9.39.